The molecule has 0 saturated heterocycles. The minimum atomic E-state index is -0.327. The van der Waals surface area contributed by atoms with E-state index in [-0.39, 0.29) is 11.2 Å². The summed E-state index contributed by atoms with van der Waals surface area (Å²) in [5.41, 5.74) is 1.17. The molecule has 0 spiro atoms. The van der Waals surface area contributed by atoms with Crippen LogP contribution in [0.5, 0.6) is 0 Å². The second-order valence-electron chi connectivity index (χ2n) is 4.92. The van der Waals surface area contributed by atoms with Gasteiger partial charge in [0.05, 0.1) is 17.0 Å². The molecule has 22 heavy (non-hydrogen) atoms. The predicted molar refractivity (Wildman–Crippen MR) is 95.0 cm³/mol. The monoisotopic (exact) mass is 333 g/mol. The van der Waals surface area contributed by atoms with E-state index < -0.39 is 0 Å². The maximum absolute atomic E-state index is 12.4. The van der Waals surface area contributed by atoms with E-state index >= 15 is 0 Å². The largest absolute Gasteiger partial charge is 0.468 e. The summed E-state index contributed by atoms with van der Waals surface area (Å²) in [5, 5.41) is 2.75. The third kappa shape index (κ3) is 5.66. The van der Waals surface area contributed by atoms with Gasteiger partial charge in [-0.1, -0.05) is 42.5 Å². The van der Waals surface area contributed by atoms with Crippen LogP contribution >= 0.6 is 24.0 Å². The molecule has 0 aliphatic heterocycles. The maximum atomic E-state index is 12.4. The number of thioether (sulfide) groups is 1. The fourth-order valence-corrected chi connectivity index (χ4v) is 3.25. The highest BCUT2D eigenvalue weighted by Gasteiger charge is 2.19. The number of carbonyl (C=O) groups excluding carboxylic acids is 1. The van der Waals surface area contributed by atoms with Crippen molar-refractivity contribution >= 4 is 34.8 Å². The van der Waals surface area contributed by atoms with Crippen molar-refractivity contribution in [2.24, 2.45) is 0 Å². The lowest BCUT2D eigenvalue weighted by molar-refractivity contribution is -0.118. The van der Waals surface area contributed by atoms with Crippen molar-refractivity contribution in [2.75, 3.05) is 0 Å². The van der Waals surface area contributed by atoms with E-state index in [0.717, 1.165) is 12.2 Å². The molecule has 1 N–H and O–H groups in total. The van der Waals surface area contributed by atoms with Crippen LogP contribution in [0.15, 0.2) is 53.1 Å². The van der Waals surface area contributed by atoms with Gasteiger partial charge in [-0.05, 0) is 31.0 Å². The average Bonchev–Trinajstić information content (AvgIpc) is 3.03. The molecule has 3 nitrogen and oxygen atoms in total. The highest BCUT2D eigenvalue weighted by atomic mass is 32.2. The molecule has 5 heteroatoms. The van der Waals surface area contributed by atoms with E-state index in [1.807, 2.05) is 42.5 Å². The summed E-state index contributed by atoms with van der Waals surface area (Å²) >= 11 is 6.59. The fraction of sp³-hybridized carbons (Fsp3) is 0.294. The van der Waals surface area contributed by atoms with Crippen LogP contribution in [-0.2, 0) is 17.0 Å². The van der Waals surface area contributed by atoms with Gasteiger partial charge in [0.25, 0.3) is 0 Å². The average molecular weight is 333 g/mol. The lowest BCUT2D eigenvalue weighted by Gasteiger charge is -2.17. The number of carbonyl (C=O) groups is 1. The molecule has 1 aromatic heterocycles. The summed E-state index contributed by atoms with van der Waals surface area (Å²) in [6, 6.07) is 13.8. The molecule has 1 heterocycles. The molecule has 0 amide bonds. The summed E-state index contributed by atoms with van der Waals surface area (Å²) in [5.74, 6) is 1.66. The van der Waals surface area contributed by atoms with Crippen molar-refractivity contribution < 1.29 is 9.21 Å². The number of ketones is 1. The Labute approximate surface area is 140 Å². The van der Waals surface area contributed by atoms with Gasteiger partial charge < -0.3 is 9.73 Å². The predicted octanol–water partition coefficient (Wildman–Crippen LogP) is 3.98. The SMILES string of the molecule is CC(=S)N[C@@H](SCc1ccco1)C(=O)CCc1ccccc1. The van der Waals surface area contributed by atoms with Crippen LogP contribution in [0.1, 0.15) is 24.7 Å². The Hall–Kier alpha value is -1.59. The Morgan fingerprint density at radius 3 is 2.68 bits per heavy atom. The number of rotatable bonds is 8. The zero-order valence-electron chi connectivity index (χ0n) is 12.5. The van der Waals surface area contributed by atoms with Gasteiger partial charge in [-0.15, -0.1) is 11.8 Å². The first-order chi connectivity index (χ1) is 10.6. The summed E-state index contributed by atoms with van der Waals surface area (Å²) < 4.78 is 5.31. The number of benzene rings is 1. The zero-order chi connectivity index (χ0) is 15.8. The molecule has 1 atom stereocenters. The molecule has 0 fully saturated rings. The molecule has 0 unspecified atom stereocenters. The first-order valence-corrected chi connectivity index (χ1v) is 8.58. The van der Waals surface area contributed by atoms with Crippen molar-refractivity contribution in [2.45, 2.75) is 30.9 Å². The van der Waals surface area contributed by atoms with E-state index in [2.05, 4.69) is 5.32 Å². The quantitative estimate of drug-likeness (QED) is 0.585. The van der Waals surface area contributed by atoms with Gasteiger partial charge in [0.15, 0.2) is 5.78 Å². The zero-order valence-corrected chi connectivity index (χ0v) is 14.1. The highest BCUT2D eigenvalue weighted by molar-refractivity contribution is 7.99. The molecule has 0 radical (unpaired) electrons. The second kappa shape index (κ2) is 8.76. The van der Waals surface area contributed by atoms with E-state index in [1.54, 1.807) is 13.2 Å². The van der Waals surface area contributed by atoms with Gasteiger partial charge in [-0.25, -0.2) is 0 Å². The second-order valence-corrected chi connectivity index (χ2v) is 6.63. The Bertz CT molecular complexity index is 596. The summed E-state index contributed by atoms with van der Waals surface area (Å²) in [6.07, 6.45) is 2.88. The van der Waals surface area contributed by atoms with Gasteiger partial charge in [-0.2, -0.15) is 0 Å². The molecular weight excluding hydrogens is 314 g/mol. The number of nitrogens with one attached hydrogen (secondary N) is 1. The van der Waals surface area contributed by atoms with Gasteiger partial charge in [-0.3, -0.25) is 4.79 Å². The van der Waals surface area contributed by atoms with Crippen molar-refractivity contribution in [3.05, 3.63) is 60.1 Å². The normalized spacial score (nSPS) is 11.9. The van der Waals surface area contributed by atoms with Crippen LogP contribution in [-0.4, -0.2) is 16.1 Å². The molecule has 0 aliphatic rings. The lowest BCUT2D eigenvalue weighted by atomic mass is 10.1. The number of aryl methyl sites for hydroxylation is 1. The smallest absolute Gasteiger partial charge is 0.165 e. The molecule has 0 saturated carbocycles. The van der Waals surface area contributed by atoms with Crippen molar-refractivity contribution in [1.82, 2.24) is 5.32 Å². The van der Waals surface area contributed by atoms with Crippen molar-refractivity contribution in [3.63, 3.8) is 0 Å². The van der Waals surface area contributed by atoms with E-state index in [9.17, 15) is 4.79 Å². The third-order valence-electron chi connectivity index (χ3n) is 3.10. The molecule has 0 aliphatic carbocycles. The number of hydrogen-bond donors (Lipinski definition) is 1. The van der Waals surface area contributed by atoms with Crippen molar-refractivity contribution in [1.29, 1.82) is 0 Å². The maximum Gasteiger partial charge on any atom is 0.165 e. The summed E-state index contributed by atoms with van der Waals surface area (Å²) in [6.45, 7) is 1.79. The van der Waals surface area contributed by atoms with E-state index in [4.69, 9.17) is 16.6 Å². The first kappa shape index (κ1) is 16.8. The van der Waals surface area contributed by atoms with E-state index in [1.165, 1.54) is 17.3 Å². The molecule has 2 aromatic rings. The van der Waals surface area contributed by atoms with Gasteiger partial charge in [0.1, 0.15) is 11.1 Å². The minimum Gasteiger partial charge on any atom is -0.468 e. The third-order valence-corrected chi connectivity index (χ3v) is 4.39. The van der Waals surface area contributed by atoms with Crippen LogP contribution in [0.3, 0.4) is 0 Å². The molecular formula is C17H19NO2S2. The van der Waals surface area contributed by atoms with Crippen molar-refractivity contribution in [3.8, 4) is 0 Å². The standard InChI is InChI=1S/C17H19NO2S2/c1-13(21)18-17(22-12-15-8-5-11-20-15)16(19)10-9-14-6-3-2-4-7-14/h2-8,11,17H,9-10,12H2,1H3,(H,18,21)/t17-/m0/s1. The Kier molecular flexibility index (Phi) is 6.68. The molecule has 1 aromatic carbocycles. The topological polar surface area (TPSA) is 42.2 Å². The van der Waals surface area contributed by atoms with Gasteiger partial charge >= 0.3 is 0 Å². The minimum absolute atomic E-state index is 0.157. The highest BCUT2D eigenvalue weighted by Crippen LogP contribution is 2.19. The first-order valence-electron chi connectivity index (χ1n) is 7.13. The molecule has 0 bridgehead atoms. The Balaban J connectivity index is 1.89. The van der Waals surface area contributed by atoms with Crippen LogP contribution in [0.4, 0.5) is 0 Å². The van der Waals surface area contributed by atoms with E-state index in [0.29, 0.717) is 17.2 Å². The number of furan rings is 1. The fourth-order valence-electron chi connectivity index (χ4n) is 2.00. The number of thiocarbonyl (C=S) groups is 1. The van der Waals surface area contributed by atoms with Gasteiger partial charge in [0, 0.05) is 6.42 Å². The van der Waals surface area contributed by atoms with Gasteiger partial charge in [0.2, 0.25) is 0 Å². The number of Topliss-reactive ketones (excluding diaryl/α,β-unsaturated/α-hetero) is 1. The van der Waals surface area contributed by atoms with Crippen LogP contribution in [0.2, 0.25) is 0 Å². The molecule has 2 rings (SSSR count). The summed E-state index contributed by atoms with van der Waals surface area (Å²) in [4.78, 5) is 13.1. The Morgan fingerprint density at radius 2 is 2.05 bits per heavy atom. The molecule has 116 valence electrons. The number of hydrogen-bond acceptors (Lipinski definition) is 4. The Morgan fingerprint density at radius 1 is 1.27 bits per heavy atom. The summed E-state index contributed by atoms with van der Waals surface area (Å²) in [7, 11) is 0. The van der Waals surface area contributed by atoms with Crippen LogP contribution < -0.4 is 5.32 Å². The lowest BCUT2D eigenvalue weighted by Crippen LogP contribution is -2.36. The van der Waals surface area contributed by atoms with Crippen LogP contribution in [0.25, 0.3) is 0 Å². The van der Waals surface area contributed by atoms with Crippen LogP contribution in [0, 0.1) is 0 Å².